The standard InChI is InChI=1S/C15H19N3O2/c1-9-6-5-7-13(8-9)20-12(4)15(19)16-14-10(2)11(3)17-18-14/h5-8,12H,1-4H3,(H2,16,17,18,19). The van der Waals surface area contributed by atoms with Gasteiger partial charge in [-0.15, -0.1) is 0 Å². The normalized spacial score (nSPS) is 12.0. The fourth-order valence-electron chi connectivity index (χ4n) is 1.77. The van der Waals surface area contributed by atoms with Crippen LogP contribution in [0.5, 0.6) is 5.75 Å². The molecule has 0 radical (unpaired) electrons. The molecule has 0 spiro atoms. The summed E-state index contributed by atoms with van der Waals surface area (Å²) < 4.78 is 5.63. The molecule has 1 heterocycles. The quantitative estimate of drug-likeness (QED) is 0.900. The number of ether oxygens (including phenoxy) is 1. The maximum Gasteiger partial charge on any atom is 0.266 e. The molecule has 1 amide bonds. The van der Waals surface area contributed by atoms with Crippen molar-refractivity contribution in [1.82, 2.24) is 10.2 Å². The van der Waals surface area contributed by atoms with Crippen molar-refractivity contribution in [3.05, 3.63) is 41.1 Å². The van der Waals surface area contributed by atoms with Gasteiger partial charge in [-0.1, -0.05) is 12.1 Å². The second-order valence-electron chi connectivity index (χ2n) is 4.89. The van der Waals surface area contributed by atoms with Gasteiger partial charge in [0.15, 0.2) is 11.9 Å². The second-order valence-corrected chi connectivity index (χ2v) is 4.89. The largest absolute Gasteiger partial charge is 0.481 e. The topological polar surface area (TPSA) is 67.0 Å². The molecule has 1 aromatic carbocycles. The summed E-state index contributed by atoms with van der Waals surface area (Å²) >= 11 is 0. The fourth-order valence-corrected chi connectivity index (χ4v) is 1.77. The maximum atomic E-state index is 12.1. The summed E-state index contributed by atoms with van der Waals surface area (Å²) in [5, 5.41) is 9.64. The number of hydrogen-bond donors (Lipinski definition) is 2. The number of hydrogen-bond acceptors (Lipinski definition) is 3. The van der Waals surface area contributed by atoms with E-state index in [0.29, 0.717) is 11.6 Å². The molecule has 1 atom stereocenters. The third kappa shape index (κ3) is 3.17. The van der Waals surface area contributed by atoms with Crippen LogP contribution in [0.2, 0.25) is 0 Å². The average molecular weight is 273 g/mol. The minimum absolute atomic E-state index is 0.221. The predicted molar refractivity (Wildman–Crippen MR) is 78.0 cm³/mol. The first-order chi connectivity index (χ1) is 9.47. The number of H-pyrrole nitrogens is 1. The fraction of sp³-hybridized carbons (Fsp3) is 0.333. The number of amides is 1. The summed E-state index contributed by atoms with van der Waals surface area (Å²) in [4.78, 5) is 12.1. The molecular weight excluding hydrogens is 254 g/mol. The summed E-state index contributed by atoms with van der Waals surface area (Å²) in [6.45, 7) is 7.51. The van der Waals surface area contributed by atoms with Gasteiger partial charge in [-0.2, -0.15) is 5.10 Å². The lowest BCUT2D eigenvalue weighted by Crippen LogP contribution is -2.30. The van der Waals surface area contributed by atoms with Crippen LogP contribution in [-0.2, 0) is 4.79 Å². The molecule has 2 rings (SSSR count). The molecule has 0 fully saturated rings. The number of aryl methyl sites for hydroxylation is 2. The number of rotatable bonds is 4. The van der Waals surface area contributed by atoms with Gasteiger partial charge in [-0.05, 0) is 45.4 Å². The summed E-state index contributed by atoms with van der Waals surface area (Å²) in [6.07, 6.45) is -0.590. The predicted octanol–water partition coefficient (Wildman–Crippen LogP) is 2.74. The van der Waals surface area contributed by atoms with Gasteiger partial charge in [0.2, 0.25) is 0 Å². The van der Waals surface area contributed by atoms with E-state index in [2.05, 4.69) is 15.5 Å². The lowest BCUT2D eigenvalue weighted by atomic mass is 10.2. The van der Waals surface area contributed by atoms with Crippen LogP contribution in [0.3, 0.4) is 0 Å². The van der Waals surface area contributed by atoms with Crippen LogP contribution in [0, 0.1) is 20.8 Å². The molecule has 2 aromatic rings. The van der Waals surface area contributed by atoms with Crippen molar-refractivity contribution >= 4 is 11.7 Å². The number of benzene rings is 1. The Hall–Kier alpha value is -2.30. The van der Waals surface area contributed by atoms with E-state index in [1.807, 2.05) is 45.0 Å². The summed E-state index contributed by atoms with van der Waals surface area (Å²) in [7, 11) is 0. The van der Waals surface area contributed by atoms with Gasteiger partial charge >= 0.3 is 0 Å². The Kier molecular flexibility index (Phi) is 4.08. The van der Waals surface area contributed by atoms with E-state index >= 15 is 0 Å². The van der Waals surface area contributed by atoms with Crippen molar-refractivity contribution in [2.24, 2.45) is 0 Å². The summed E-state index contributed by atoms with van der Waals surface area (Å²) in [6, 6.07) is 7.61. The van der Waals surface area contributed by atoms with Gasteiger partial charge in [0.1, 0.15) is 5.75 Å². The number of aromatic amines is 1. The van der Waals surface area contributed by atoms with Gasteiger partial charge in [0, 0.05) is 11.3 Å². The zero-order chi connectivity index (χ0) is 14.7. The highest BCUT2D eigenvalue weighted by Crippen LogP contribution is 2.17. The smallest absolute Gasteiger partial charge is 0.266 e. The van der Waals surface area contributed by atoms with Gasteiger partial charge in [0.25, 0.3) is 5.91 Å². The molecule has 0 aliphatic carbocycles. The van der Waals surface area contributed by atoms with E-state index in [1.54, 1.807) is 6.92 Å². The van der Waals surface area contributed by atoms with E-state index in [1.165, 1.54) is 0 Å². The van der Waals surface area contributed by atoms with Crippen molar-refractivity contribution in [3.63, 3.8) is 0 Å². The van der Waals surface area contributed by atoms with Crippen molar-refractivity contribution < 1.29 is 9.53 Å². The lowest BCUT2D eigenvalue weighted by molar-refractivity contribution is -0.122. The molecule has 0 aliphatic rings. The molecule has 0 saturated carbocycles. The van der Waals surface area contributed by atoms with E-state index in [0.717, 1.165) is 16.8 Å². The summed E-state index contributed by atoms with van der Waals surface area (Å²) in [5.41, 5.74) is 2.96. The molecule has 0 aliphatic heterocycles. The van der Waals surface area contributed by atoms with Gasteiger partial charge in [0.05, 0.1) is 0 Å². The van der Waals surface area contributed by atoms with Gasteiger partial charge < -0.3 is 10.1 Å². The van der Waals surface area contributed by atoms with E-state index in [9.17, 15) is 4.79 Å². The Labute approximate surface area is 118 Å². The highest BCUT2D eigenvalue weighted by Gasteiger charge is 2.17. The third-order valence-corrected chi connectivity index (χ3v) is 3.17. The Morgan fingerprint density at radius 1 is 1.35 bits per heavy atom. The second kappa shape index (κ2) is 5.77. The van der Waals surface area contributed by atoms with Crippen LogP contribution in [0.4, 0.5) is 5.82 Å². The van der Waals surface area contributed by atoms with Gasteiger partial charge in [-0.25, -0.2) is 0 Å². The van der Waals surface area contributed by atoms with Crippen molar-refractivity contribution in [1.29, 1.82) is 0 Å². The minimum Gasteiger partial charge on any atom is -0.481 e. The molecule has 5 nitrogen and oxygen atoms in total. The first kappa shape index (κ1) is 14.1. The van der Waals surface area contributed by atoms with Crippen molar-refractivity contribution in [2.75, 3.05) is 5.32 Å². The van der Waals surface area contributed by atoms with E-state index < -0.39 is 6.10 Å². The van der Waals surface area contributed by atoms with E-state index in [-0.39, 0.29) is 5.91 Å². The Morgan fingerprint density at radius 3 is 2.70 bits per heavy atom. The Morgan fingerprint density at radius 2 is 2.10 bits per heavy atom. The lowest BCUT2D eigenvalue weighted by Gasteiger charge is -2.14. The number of anilines is 1. The number of nitrogens with zero attached hydrogens (tertiary/aromatic N) is 1. The Bertz CT molecular complexity index is 619. The number of carbonyl (C=O) groups is 1. The first-order valence-corrected chi connectivity index (χ1v) is 6.53. The minimum atomic E-state index is -0.590. The van der Waals surface area contributed by atoms with Crippen LogP contribution in [0.1, 0.15) is 23.7 Å². The third-order valence-electron chi connectivity index (χ3n) is 3.17. The molecular formula is C15H19N3O2. The van der Waals surface area contributed by atoms with Crippen molar-refractivity contribution in [2.45, 2.75) is 33.8 Å². The molecule has 106 valence electrons. The summed E-state index contributed by atoms with van der Waals surface area (Å²) in [5.74, 6) is 1.01. The van der Waals surface area contributed by atoms with Crippen LogP contribution < -0.4 is 10.1 Å². The highest BCUT2D eigenvalue weighted by atomic mass is 16.5. The number of carbonyl (C=O) groups excluding carboxylic acids is 1. The van der Waals surface area contributed by atoms with Crippen LogP contribution in [-0.4, -0.2) is 22.2 Å². The molecule has 0 bridgehead atoms. The van der Waals surface area contributed by atoms with Crippen molar-refractivity contribution in [3.8, 4) is 5.75 Å². The molecule has 2 N–H and O–H groups in total. The average Bonchev–Trinajstić information content (AvgIpc) is 2.70. The highest BCUT2D eigenvalue weighted by molar-refractivity contribution is 5.93. The van der Waals surface area contributed by atoms with Crippen LogP contribution >= 0.6 is 0 Å². The molecule has 0 saturated heterocycles. The molecule has 5 heteroatoms. The molecule has 20 heavy (non-hydrogen) atoms. The first-order valence-electron chi connectivity index (χ1n) is 6.53. The molecule has 1 unspecified atom stereocenters. The zero-order valence-corrected chi connectivity index (χ0v) is 12.2. The Balaban J connectivity index is 2.00. The maximum absolute atomic E-state index is 12.1. The van der Waals surface area contributed by atoms with Crippen LogP contribution in [0.15, 0.2) is 24.3 Å². The zero-order valence-electron chi connectivity index (χ0n) is 12.2. The number of nitrogens with one attached hydrogen (secondary N) is 2. The monoisotopic (exact) mass is 273 g/mol. The van der Waals surface area contributed by atoms with E-state index in [4.69, 9.17) is 4.74 Å². The molecule has 1 aromatic heterocycles. The SMILES string of the molecule is Cc1cccc(OC(C)C(=O)Nc2n[nH]c(C)c2C)c1. The number of aromatic nitrogens is 2. The van der Waals surface area contributed by atoms with Crippen LogP contribution in [0.25, 0.3) is 0 Å². The van der Waals surface area contributed by atoms with Gasteiger partial charge in [-0.3, -0.25) is 9.89 Å².